The Bertz CT molecular complexity index is 550. The van der Waals surface area contributed by atoms with E-state index in [1.165, 1.54) is 7.11 Å². The third-order valence-electron chi connectivity index (χ3n) is 3.03. The fraction of sp³-hybridized carbons (Fsp3) is 0.357. The average molecular weight is 262 g/mol. The van der Waals surface area contributed by atoms with Gasteiger partial charge >= 0.3 is 5.97 Å². The highest BCUT2D eigenvalue weighted by Gasteiger charge is 2.09. The number of anilines is 1. The molecule has 0 aliphatic carbocycles. The Morgan fingerprint density at radius 3 is 3.05 bits per heavy atom. The SMILES string of the molecule is COC(=O)CCC(O)CNc1c[nH]c2ccccc12. The second-order valence-electron chi connectivity index (χ2n) is 4.40. The zero-order valence-electron chi connectivity index (χ0n) is 10.8. The first-order valence-electron chi connectivity index (χ1n) is 6.25. The van der Waals surface area contributed by atoms with Crippen LogP contribution in [0.3, 0.4) is 0 Å². The lowest BCUT2D eigenvalue weighted by Gasteiger charge is -2.11. The van der Waals surface area contributed by atoms with Crippen LogP contribution in [0.5, 0.6) is 0 Å². The molecular weight excluding hydrogens is 244 g/mol. The highest BCUT2D eigenvalue weighted by Crippen LogP contribution is 2.22. The number of para-hydroxylation sites is 1. The second kappa shape index (κ2) is 6.24. The molecule has 19 heavy (non-hydrogen) atoms. The van der Waals surface area contributed by atoms with Crippen LogP contribution in [0.15, 0.2) is 30.5 Å². The number of aliphatic hydroxyl groups is 1. The second-order valence-corrected chi connectivity index (χ2v) is 4.40. The third kappa shape index (κ3) is 3.48. The van der Waals surface area contributed by atoms with E-state index in [9.17, 15) is 9.90 Å². The van der Waals surface area contributed by atoms with Crippen molar-refractivity contribution >= 4 is 22.6 Å². The highest BCUT2D eigenvalue weighted by molar-refractivity contribution is 5.92. The molecule has 2 aromatic rings. The Morgan fingerprint density at radius 1 is 1.47 bits per heavy atom. The number of aromatic nitrogens is 1. The highest BCUT2D eigenvalue weighted by atomic mass is 16.5. The molecule has 0 saturated heterocycles. The molecule has 0 aliphatic rings. The van der Waals surface area contributed by atoms with E-state index in [1.54, 1.807) is 0 Å². The van der Waals surface area contributed by atoms with E-state index in [0.29, 0.717) is 13.0 Å². The van der Waals surface area contributed by atoms with E-state index in [1.807, 2.05) is 30.5 Å². The van der Waals surface area contributed by atoms with Crippen LogP contribution in [0.1, 0.15) is 12.8 Å². The summed E-state index contributed by atoms with van der Waals surface area (Å²) in [7, 11) is 1.35. The van der Waals surface area contributed by atoms with Crippen LogP contribution < -0.4 is 5.32 Å². The van der Waals surface area contributed by atoms with E-state index in [-0.39, 0.29) is 12.4 Å². The molecule has 5 nitrogen and oxygen atoms in total. The first-order valence-corrected chi connectivity index (χ1v) is 6.25. The summed E-state index contributed by atoms with van der Waals surface area (Å²) in [6, 6.07) is 7.94. The molecule has 3 N–H and O–H groups in total. The minimum absolute atomic E-state index is 0.229. The van der Waals surface area contributed by atoms with Gasteiger partial charge in [0.1, 0.15) is 0 Å². The Hall–Kier alpha value is -2.01. The normalized spacial score (nSPS) is 12.3. The van der Waals surface area contributed by atoms with Crippen molar-refractivity contribution in [1.29, 1.82) is 0 Å². The quantitative estimate of drug-likeness (QED) is 0.695. The number of hydrogen-bond acceptors (Lipinski definition) is 4. The molecule has 5 heteroatoms. The average Bonchev–Trinajstić information content (AvgIpc) is 2.85. The van der Waals surface area contributed by atoms with Gasteiger partial charge in [0.15, 0.2) is 0 Å². The standard InChI is InChI=1S/C14H18N2O3/c1-19-14(18)7-6-10(17)8-15-13-9-16-12-5-3-2-4-11(12)13/h2-5,9-10,15-17H,6-8H2,1H3. The number of aromatic amines is 1. The minimum atomic E-state index is -0.576. The van der Waals surface area contributed by atoms with Crippen molar-refractivity contribution < 1.29 is 14.6 Å². The molecule has 102 valence electrons. The zero-order chi connectivity index (χ0) is 13.7. The number of carbonyl (C=O) groups is 1. The molecule has 1 unspecified atom stereocenters. The monoisotopic (exact) mass is 262 g/mol. The molecular formula is C14H18N2O3. The lowest BCUT2D eigenvalue weighted by Crippen LogP contribution is -2.20. The predicted molar refractivity (Wildman–Crippen MR) is 74.0 cm³/mol. The van der Waals surface area contributed by atoms with Crippen LogP contribution in [0.4, 0.5) is 5.69 Å². The van der Waals surface area contributed by atoms with Gasteiger partial charge in [0.05, 0.1) is 18.9 Å². The van der Waals surface area contributed by atoms with E-state index in [0.717, 1.165) is 16.6 Å². The number of esters is 1. The van der Waals surface area contributed by atoms with Crippen LogP contribution in [0.2, 0.25) is 0 Å². The van der Waals surface area contributed by atoms with Crippen molar-refractivity contribution in [3.05, 3.63) is 30.5 Å². The molecule has 0 fully saturated rings. The lowest BCUT2D eigenvalue weighted by molar-refractivity contribution is -0.141. The Balaban J connectivity index is 1.86. The maximum absolute atomic E-state index is 11.0. The van der Waals surface area contributed by atoms with Crippen molar-refractivity contribution in [3.8, 4) is 0 Å². The van der Waals surface area contributed by atoms with Crippen molar-refractivity contribution in [1.82, 2.24) is 4.98 Å². The maximum Gasteiger partial charge on any atom is 0.305 e. The number of benzene rings is 1. The van der Waals surface area contributed by atoms with Crippen molar-refractivity contribution in [2.75, 3.05) is 19.0 Å². The van der Waals surface area contributed by atoms with E-state index >= 15 is 0 Å². The fourth-order valence-electron chi connectivity index (χ4n) is 1.93. The number of ether oxygens (including phenoxy) is 1. The molecule has 1 atom stereocenters. The van der Waals surface area contributed by atoms with E-state index < -0.39 is 6.10 Å². The van der Waals surface area contributed by atoms with Gasteiger partial charge in [-0.05, 0) is 12.5 Å². The van der Waals surface area contributed by atoms with Crippen LogP contribution in [-0.4, -0.2) is 35.8 Å². The first-order chi connectivity index (χ1) is 9.20. The lowest BCUT2D eigenvalue weighted by atomic mass is 10.2. The number of carbonyl (C=O) groups excluding carboxylic acids is 1. The fourth-order valence-corrected chi connectivity index (χ4v) is 1.93. The van der Waals surface area contributed by atoms with Gasteiger partial charge in [0.25, 0.3) is 0 Å². The molecule has 0 spiro atoms. The van der Waals surface area contributed by atoms with Gasteiger partial charge in [-0.25, -0.2) is 0 Å². The molecule has 1 aromatic carbocycles. The predicted octanol–water partition coefficient (Wildman–Crippen LogP) is 1.89. The Morgan fingerprint density at radius 2 is 2.26 bits per heavy atom. The summed E-state index contributed by atoms with van der Waals surface area (Å²) in [5.41, 5.74) is 2.00. The summed E-state index contributed by atoms with van der Waals surface area (Å²) < 4.78 is 4.53. The van der Waals surface area contributed by atoms with Crippen LogP contribution >= 0.6 is 0 Å². The van der Waals surface area contributed by atoms with Gasteiger partial charge < -0.3 is 20.1 Å². The van der Waals surface area contributed by atoms with Gasteiger partial charge in [-0.1, -0.05) is 18.2 Å². The number of methoxy groups -OCH3 is 1. The number of aliphatic hydroxyl groups excluding tert-OH is 1. The maximum atomic E-state index is 11.0. The summed E-state index contributed by atoms with van der Waals surface area (Å²) in [6.07, 6.45) is 1.92. The number of rotatable bonds is 6. The number of hydrogen-bond donors (Lipinski definition) is 3. The van der Waals surface area contributed by atoms with Crippen LogP contribution in [-0.2, 0) is 9.53 Å². The summed E-state index contributed by atoms with van der Waals surface area (Å²) >= 11 is 0. The van der Waals surface area contributed by atoms with Gasteiger partial charge in [-0.15, -0.1) is 0 Å². The number of H-pyrrole nitrogens is 1. The summed E-state index contributed by atoms with van der Waals surface area (Å²) in [4.78, 5) is 14.1. The summed E-state index contributed by atoms with van der Waals surface area (Å²) in [6.45, 7) is 0.402. The molecule has 2 rings (SSSR count). The molecule has 0 amide bonds. The van der Waals surface area contributed by atoms with Gasteiger partial charge in [-0.3, -0.25) is 4.79 Å². The summed E-state index contributed by atoms with van der Waals surface area (Å²) in [5, 5.41) is 14.0. The topological polar surface area (TPSA) is 74.3 Å². The smallest absolute Gasteiger partial charge is 0.305 e. The minimum Gasteiger partial charge on any atom is -0.469 e. The molecule has 0 radical (unpaired) electrons. The molecule has 0 saturated carbocycles. The van der Waals surface area contributed by atoms with Crippen LogP contribution in [0, 0.1) is 0 Å². The van der Waals surface area contributed by atoms with Gasteiger partial charge in [0.2, 0.25) is 0 Å². The molecule has 1 aromatic heterocycles. The van der Waals surface area contributed by atoms with Gasteiger partial charge in [0, 0.05) is 30.1 Å². The summed E-state index contributed by atoms with van der Waals surface area (Å²) in [5.74, 6) is -0.300. The molecule has 0 bridgehead atoms. The Labute approximate surface area is 111 Å². The number of nitrogens with one attached hydrogen (secondary N) is 2. The largest absolute Gasteiger partial charge is 0.469 e. The van der Waals surface area contributed by atoms with Crippen molar-refractivity contribution in [3.63, 3.8) is 0 Å². The molecule has 1 heterocycles. The third-order valence-corrected chi connectivity index (χ3v) is 3.03. The Kier molecular flexibility index (Phi) is 4.41. The van der Waals surface area contributed by atoms with Crippen molar-refractivity contribution in [2.24, 2.45) is 0 Å². The number of fused-ring (bicyclic) bond motifs is 1. The van der Waals surface area contributed by atoms with E-state index in [4.69, 9.17) is 0 Å². The van der Waals surface area contributed by atoms with Crippen molar-refractivity contribution in [2.45, 2.75) is 18.9 Å². The molecule has 0 aliphatic heterocycles. The van der Waals surface area contributed by atoms with Gasteiger partial charge in [-0.2, -0.15) is 0 Å². The first kappa shape index (κ1) is 13.4. The van der Waals surface area contributed by atoms with E-state index in [2.05, 4.69) is 15.0 Å². The zero-order valence-corrected chi connectivity index (χ0v) is 10.8. The van der Waals surface area contributed by atoms with Crippen LogP contribution in [0.25, 0.3) is 10.9 Å².